The number of hydrogen-bond donors (Lipinski definition) is 2. The normalized spacial score (nSPS) is 11.7. The molecule has 0 saturated heterocycles. The third kappa shape index (κ3) is 5.97. The second-order valence-electron chi connectivity index (χ2n) is 7.38. The van der Waals surface area contributed by atoms with Crippen LogP contribution in [-0.4, -0.2) is 11.8 Å². The molecular weight excluding hydrogens is 392 g/mol. The summed E-state index contributed by atoms with van der Waals surface area (Å²) < 4.78 is 0. The molecule has 4 nitrogen and oxygen atoms in total. The Morgan fingerprint density at radius 2 is 1.47 bits per heavy atom. The Bertz CT molecular complexity index is 1000. The molecule has 0 fully saturated rings. The van der Waals surface area contributed by atoms with Crippen LogP contribution in [0.3, 0.4) is 0 Å². The number of thioether (sulfide) groups is 1. The van der Waals surface area contributed by atoms with Crippen molar-refractivity contribution in [2.24, 2.45) is 0 Å². The maximum absolute atomic E-state index is 13.2. The van der Waals surface area contributed by atoms with E-state index < -0.39 is 5.25 Å². The number of rotatable bonds is 7. The average molecular weight is 419 g/mol. The number of nitrogens with one attached hydrogen (secondary N) is 2. The van der Waals surface area contributed by atoms with Gasteiger partial charge in [-0.15, -0.1) is 11.8 Å². The molecule has 2 amide bonds. The first-order chi connectivity index (χ1) is 14.4. The predicted octanol–water partition coefficient (Wildman–Crippen LogP) is 6.24. The lowest BCUT2D eigenvalue weighted by Gasteiger charge is -2.18. The van der Waals surface area contributed by atoms with Crippen molar-refractivity contribution in [3.8, 4) is 0 Å². The van der Waals surface area contributed by atoms with E-state index in [1.54, 1.807) is 0 Å². The van der Waals surface area contributed by atoms with E-state index in [1.165, 1.54) is 24.2 Å². The molecule has 3 aromatic rings. The van der Waals surface area contributed by atoms with Gasteiger partial charge in [0.05, 0.1) is 0 Å². The number of carbonyl (C=O) groups is 2. The summed E-state index contributed by atoms with van der Waals surface area (Å²) >= 11 is 1.46. The van der Waals surface area contributed by atoms with Gasteiger partial charge in [0.15, 0.2) is 0 Å². The highest BCUT2D eigenvalue weighted by molar-refractivity contribution is 8.00. The first kappa shape index (κ1) is 21.7. The summed E-state index contributed by atoms with van der Waals surface area (Å²) in [5, 5.41) is 5.41. The third-order valence-corrected chi connectivity index (χ3v) is 5.84. The van der Waals surface area contributed by atoms with Gasteiger partial charge >= 0.3 is 0 Å². The summed E-state index contributed by atoms with van der Waals surface area (Å²) in [5.74, 6) is 0.228. The highest BCUT2D eigenvalue weighted by atomic mass is 32.2. The summed E-state index contributed by atoms with van der Waals surface area (Å²) in [7, 11) is 0. The van der Waals surface area contributed by atoms with Gasteiger partial charge in [0, 0.05) is 23.2 Å². The maximum atomic E-state index is 13.2. The maximum Gasteiger partial charge on any atom is 0.242 e. The zero-order valence-corrected chi connectivity index (χ0v) is 18.2. The summed E-state index contributed by atoms with van der Waals surface area (Å²) in [6.45, 7) is 5.76. The van der Waals surface area contributed by atoms with Crippen molar-refractivity contribution < 1.29 is 9.59 Å². The lowest BCUT2D eigenvalue weighted by molar-refractivity contribution is -0.116. The zero-order valence-electron chi connectivity index (χ0n) is 17.4. The molecular formula is C25H26N2O2S. The van der Waals surface area contributed by atoms with E-state index in [2.05, 4.69) is 24.5 Å². The molecule has 3 aromatic carbocycles. The van der Waals surface area contributed by atoms with Gasteiger partial charge in [0.2, 0.25) is 11.8 Å². The van der Waals surface area contributed by atoms with Crippen molar-refractivity contribution in [3.05, 3.63) is 90.0 Å². The van der Waals surface area contributed by atoms with Gasteiger partial charge in [0.1, 0.15) is 5.25 Å². The van der Waals surface area contributed by atoms with E-state index in [4.69, 9.17) is 0 Å². The van der Waals surface area contributed by atoms with Crippen LogP contribution in [-0.2, 0) is 9.59 Å². The van der Waals surface area contributed by atoms with Crippen molar-refractivity contribution in [2.45, 2.75) is 36.8 Å². The molecule has 0 aliphatic rings. The monoisotopic (exact) mass is 418 g/mol. The number of carbonyl (C=O) groups excluding carboxylic acids is 2. The van der Waals surface area contributed by atoms with Crippen LogP contribution < -0.4 is 10.6 Å². The lowest BCUT2D eigenvalue weighted by Crippen LogP contribution is -2.19. The molecule has 3 rings (SSSR count). The standard InChI is InChI=1S/C25H26N2O2S/c1-17(2)19-12-14-21(15-13-19)27-25(29)24(20-8-5-4-6-9-20)30-23-11-7-10-22(16-23)26-18(3)28/h4-17,24H,1-3H3,(H,26,28)(H,27,29). The van der Waals surface area contributed by atoms with Gasteiger partial charge in [-0.25, -0.2) is 0 Å². The summed E-state index contributed by atoms with van der Waals surface area (Å²) in [6.07, 6.45) is 0. The SMILES string of the molecule is CC(=O)Nc1cccc(SC(C(=O)Nc2ccc(C(C)C)cc2)c2ccccc2)c1. The molecule has 0 radical (unpaired) electrons. The molecule has 0 aliphatic heterocycles. The summed E-state index contributed by atoms with van der Waals surface area (Å²) in [6, 6.07) is 25.2. The van der Waals surface area contributed by atoms with Crippen molar-refractivity contribution in [3.63, 3.8) is 0 Å². The van der Waals surface area contributed by atoms with Crippen molar-refractivity contribution >= 4 is 35.0 Å². The fourth-order valence-corrected chi connectivity index (χ4v) is 4.13. The summed E-state index contributed by atoms with van der Waals surface area (Å²) in [4.78, 5) is 25.5. The molecule has 5 heteroatoms. The number of anilines is 2. The predicted molar refractivity (Wildman–Crippen MR) is 125 cm³/mol. The van der Waals surface area contributed by atoms with Gasteiger partial charge < -0.3 is 10.6 Å². The Morgan fingerprint density at radius 1 is 0.767 bits per heavy atom. The van der Waals surface area contributed by atoms with E-state index in [-0.39, 0.29) is 11.8 Å². The van der Waals surface area contributed by atoms with Gasteiger partial charge in [-0.2, -0.15) is 0 Å². The van der Waals surface area contributed by atoms with Crippen LogP contribution in [0.2, 0.25) is 0 Å². The van der Waals surface area contributed by atoms with Crippen molar-refractivity contribution in [1.29, 1.82) is 0 Å². The first-order valence-electron chi connectivity index (χ1n) is 9.92. The van der Waals surface area contributed by atoms with Crippen LogP contribution in [0.1, 0.15) is 43.1 Å². The Kier molecular flexibility index (Phi) is 7.31. The van der Waals surface area contributed by atoms with Crippen LogP contribution in [0, 0.1) is 0 Å². The van der Waals surface area contributed by atoms with Crippen LogP contribution >= 0.6 is 11.8 Å². The first-order valence-corrected chi connectivity index (χ1v) is 10.8. The van der Waals surface area contributed by atoms with E-state index in [0.29, 0.717) is 11.6 Å². The number of amides is 2. The van der Waals surface area contributed by atoms with E-state index >= 15 is 0 Å². The van der Waals surface area contributed by atoms with Gasteiger partial charge in [-0.1, -0.05) is 62.4 Å². The number of benzene rings is 3. The smallest absolute Gasteiger partial charge is 0.242 e. The second-order valence-corrected chi connectivity index (χ2v) is 8.56. The van der Waals surface area contributed by atoms with Crippen LogP contribution in [0.4, 0.5) is 11.4 Å². The third-order valence-electron chi connectivity index (χ3n) is 4.59. The van der Waals surface area contributed by atoms with Crippen LogP contribution in [0.15, 0.2) is 83.8 Å². The zero-order chi connectivity index (χ0) is 21.5. The molecule has 0 saturated carbocycles. The highest BCUT2D eigenvalue weighted by Gasteiger charge is 2.22. The quantitative estimate of drug-likeness (QED) is 0.447. The molecule has 0 aliphatic carbocycles. The van der Waals surface area contributed by atoms with Crippen LogP contribution in [0.25, 0.3) is 0 Å². The fourth-order valence-electron chi connectivity index (χ4n) is 3.05. The van der Waals surface area contributed by atoms with Crippen molar-refractivity contribution in [1.82, 2.24) is 0 Å². The van der Waals surface area contributed by atoms with E-state index in [1.807, 2.05) is 78.9 Å². The Hall–Kier alpha value is -3.05. The molecule has 1 unspecified atom stereocenters. The molecule has 1 atom stereocenters. The molecule has 154 valence electrons. The Balaban J connectivity index is 1.82. The van der Waals surface area contributed by atoms with Gasteiger partial charge in [0.25, 0.3) is 0 Å². The lowest BCUT2D eigenvalue weighted by atomic mass is 10.0. The Labute approximate surface area is 182 Å². The van der Waals surface area contributed by atoms with Crippen molar-refractivity contribution in [2.75, 3.05) is 10.6 Å². The highest BCUT2D eigenvalue weighted by Crippen LogP contribution is 2.37. The molecule has 0 aromatic heterocycles. The molecule has 2 N–H and O–H groups in total. The average Bonchev–Trinajstić information content (AvgIpc) is 2.73. The largest absolute Gasteiger partial charge is 0.326 e. The summed E-state index contributed by atoms with van der Waals surface area (Å²) in [5.41, 5.74) is 3.64. The second kappa shape index (κ2) is 10.1. The number of hydrogen-bond acceptors (Lipinski definition) is 3. The van der Waals surface area contributed by atoms with E-state index in [0.717, 1.165) is 16.1 Å². The minimum Gasteiger partial charge on any atom is -0.326 e. The minimum atomic E-state index is -0.427. The molecule has 0 spiro atoms. The molecule has 30 heavy (non-hydrogen) atoms. The molecule has 0 bridgehead atoms. The van der Waals surface area contributed by atoms with E-state index in [9.17, 15) is 9.59 Å². The van der Waals surface area contributed by atoms with Crippen LogP contribution in [0.5, 0.6) is 0 Å². The Morgan fingerprint density at radius 3 is 2.10 bits per heavy atom. The minimum absolute atomic E-state index is 0.0894. The molecule has 0 heterocycles. The van der Waals surface area contributed by atoms with Gasteiger partial charge in [-0.3, -0.25) is 9.59 Å². The fraction of sp³-hybridized carbons (Fsp3) is 0.200. The van der Waals surface area contributed by atoms with Gasteiger partial charge in [-0.05, 0) is 47.4 Å². The topological polar surface area (TPSA) is 58.2 Å².